The summed E-state index contributed by atoms with van der Waals surface area (Å²) in [5, 5.41) is 0.167. The third kappa shape index (κ3) is 1.27. The van der Waals surface area contributed by atoms with Crippen molar-refractivity contribution in [2.24, 2.45) is 5.41 Å². The Balaban J connectivity index is 3.31. The lowest BCUT2D eigenvalue weighted by Crippen LogP contribution is -2.26. The van der Waals surface area contributed by atoms with Crippen LogP contribution < -0.4 is 0 Å². The highest BCUT2D eigenvalue weighted by Crippen LogP contribution is 2.50. The first-order valence-corrected chi connectivity index (χ1v) is 5.27. The van der Waals surface area contributed by atoms with Gasteiger partial charge in [-0.25, -0.2) is 0 Å². The highest BCUT2D eigenvalue weighted by molar-refractivity contribution is 6.21. The van der Waals surface area contributed by atoms with Crippen molar-refractivity contribution in [1.29, 1.82) is 0 Å². The van der Waals surface area contributed by atoms with E-state index in [1.54, 1.807) is 0 Å². The van der Waals surface area contributed by atoms with E-state index in [0.717, 1.165) is 0 Å². The number of hydrogen-bond donors (Lipinski definition) is 0. The molecule has 0 saturated heterocycles. The van der Waals surface area contributed by atoms with E-state index >= 15 is 0 Å². The predicted molar refractivity (Wildman–Crippen MR) is 60.2 cm³/mol. The lowest BCUT2D eigenvalue weighted by Gasteiger charge is -2.32. The number of allylic oxidation sites excluding steroid dienone is 4. The van der Waals surface area contributed by atoms with Crippen molar-refractivity contribution in [1.82, 2.24) is 0 Å². The summed E-state index contributed by atoms with van der Waals surface area (Å²) >= 11 is 6.28. The molecule has 0 aromatic rings. The molecule has 0 spiro atoms. The molecule has 0 aliphatic heterocycles. The number of alkyl halides is 1. The van der Waals surface area contributed by atoms with Gasteiger partial charge in [-0.05, 0) is 45.8 Å². The van der Waals surface area contributed by atoms with E-state index in [2.05, 4.69) is 41.5 Å². The lowest BCUT2D eigenvalue weighted by atomic mass is 9.77. The average Bonchev–Trinajstić information content (AvgIpc) is 2.22. The molecule has 0 radical (unpaired) electrons. The molecule has 0 aromatic heterocycles. The third-order valence-corrected chi connectivity index (χ3v) is 4.48. The Morgan fingerprint density at radius 1 is 1.00 bits per heavy atom. The summed E-state index contributed by atoms with van der Waals surface area (Å²) in [4.78, 5) is 0. The number of halogens is 1. The molecule has 0 amide bonds. The zero-order chi connectivity index (χ0) is 10.4. The first-order chi connectivity index (χ1) is 5.83. The van der Waals surface area contributed by atoms with E-state index in [-0.39, 0.29) is 10.8 Å². The van der Waals surface area contributed by atoms with Gasteiger partial charge in [-0.3, -0.25) is 0 Å². The van der Waals surface area contributed by atoms with Gasteiger partial charge in [-0.1, -0.05) is 18.1 Å². The topological polar surface area (TPSA) is 0 Å². The van der Waals surface area contributed by atoms with E-state index in [1.165, 1.54) is 22.3 Å². The Kier molecular flexibility index (Phi) is 2.64. The fraction of sp³-hybridized carbons (Fsp3) is 0.667. The maximum Gasteiger partial charge on any atom is 0.0436 e. The van der Waals surface area contributed by atoms with Gasteiger partial charge in [-0.2, -0.15) is 0 Å². The summed E-state index contributed by atoms with van der Waals surface area (Å²) in [5.41, 5.74) is 5.80. The van der Waals surface area contributed by atoms with Gasteiger partial charge in [0.25, 0.3) is 0 Å². The van der Waals surface area contributed by atoms with Gasteiger partial charge in [0.15, 0.2) is 0 Å². The second-order valence-electron chi connectivity index (χ2n) is 4.32. The third-order valence-electron chi connectivity index (χ3n) is 4.04. The van der Waals surface area contributed by atoms with Crippen molar-refractivity contribution < 1.29 is 0 Å². The van der Waals surface area contributed by atoms with Crippen LogP contribution in [0.25, 0.3) is 0 Å². The molecule has 1 rings (SSSR count). The van der Waals surface area contributed by atoms with Crippen molar-refractivity contribution in [3.8, 4) is 0 Å². The molecule has 1 atom stereocenters. The van der Waals surface area contributed by atoms with Gasteiger partial charge in [0.2, 0.25) is 0 Å². The predicted octanol–water partition coefficient (Wildman–Crippen LogP) is 4.31. The molecule has 1 unspecified atom stereocenters. The smallest absolute Gasteiger partial charge is 0.0436 e. The minimum Gasteiger partial charge on any atom is -0.122 e. The van der Waals surface area contributed by atoms with Crippen molar-refractivity contribution in [3.05, 3.63) is 22.3 Å². The fourth-order valence-electron chi connectivity index (χ4n) is 2.22. The second kappa shape index (κ2) is 3.16. The zero-order valence-electron chi connectivity index (χ0n) is 9.46. The van der Waals surface area contributed by atoms with Crippen LogP contribution in [-0.2, 0) is 0 Å². The van der Waals surface area contributed by atoms with Gasteiger partial charge in [0.05, 0.1) is 0 Å². The molecule has 0 fully saturated rings. The molecule has 13 heavy (non-hydrogen) atoms. The Morgan fingerprint density at radius 3 is 1.46 bits per heavy atom. The van der Waals surface area contributed by atoms with Crippen molar-refractivity contribution >= 4 is 11.6 Å². The molecule has 74 valence electrons. The van der Waals surface area contributed by atoms with Crippen molar-refractivity contribution in [2.75, 3.05) is 0 Å². The largest absolute Gasteiger partial charge is 0.122 e. The zero-order valence-corrected chi connectivity index (χ0v) is 10.2. The van der Waals surface area contributed by atoms with Crippen LogP contribution in [0.3, 0.4) is 0 Å². The summed E-state index contributed by atoms with van der Waals surface area (Å²) in [7, 11) is 0. The standard InChI is InChI=1S/C12H19Cl/c1-7-8(2)10(4)12(6,9(7)3)11(5)13/h11H,1-6H3. The van der Waals surface area contributed by atoms with E-state index < -0.39 is 0 Å². The molecule has 1 aliphatic carbocycles. The molecule has 0 saturated carbocycles. The van der Waals surface area contributed by atoms with Gasteiger partial charge in [-0.15, -0.1) is 11.6 Å². The number of hydrogen-bond acceptors (Lipinski definition) is 0. The fourth-order valence-corrected chi connectivity index (χ4v) is 2.55. The molecule has 1 aliphatic rings. The van der Waals surface area contributed by atoms with E-state index in [0.29, 0.717) is 0 Å². The first-order valence-electron chi connectivity index (χ1n) is 4.83. The molecular weight excluding hydrogens is 180 g/mol. The summed E-state index contributed by atoms with van der Waals surface area (Å²) in [6.07, 6.45) is 0. The molecule has 0 aromatic carbocycles. The first kappa shape index (κ1) is 10.8. The molecule has 0 nitrogen and oxygen atoms in total. The monoisotopic (exact) mass is 198 g/mol. The highest BCUT2D eigenvalue weighted by atomic mass is 35.5. The second-order valence-corrected chi connectivity index (χ2v) is 4.97. The van der Waals surface area contributed by atoms with Crippen molar-refractivity contribution in [2.45, 2.75) is 46.9 Å². The SMILES string of the molecule is CC1=C(C)C(C)(C(C)Cl)C(C)=C1C. The average molecular weight is 199 g/mol. The molecular formula is C12H19Cl. The maximum atomic E-state index is 6.28. The van der Waals surface area contributed by atoms with Crippen LogP contribution in [0.15, 0.2) is 22.3 Å². The summed E-state index contributed by atoms with van der Waals surface area (Å²) in [5.74, 6) is 0. The molecule has 0 bridgehead atoms. The maximum absolute atomic E-state index is 6.28. The van der Waals surface area contributed by atoms with Crippen LogP contribution >= 0.6 is 11.6 Å². The Bertz CT molecular complexity index is 268. The van der Waals surface area contributed by atoms with Crippen LogP contribution in [0.4, 0.5) is 0 Å². The Morgan fingerprint density at radius 2 is 1.31 bits per heavy atom. The van der Waals surface area contributed by atoms with Crippen molar-refractivity contribution in [3.63, 3.8) is 0 Å². The molecule has 0 N–H and O–H groups in total. The Labute approximate surface area is 86.7 Å². The Hall–Kier alpha value is -0.230. The van der Waals surface area contributed by atoms with Crippen LogP contribution in [0.1, 0.15) is 41.5 Å². The summed E-state index contributed by atoms with van der Waals surface area (Å²) in [6, 6.07) is 0. The number of rotatable bonds is 1. The minimum atomic E-state index is 0.0791. The van der Waals surface area contributed by atoms with E-state index in [9.17, 15) is 0 Å². The van der Waals surface area contributed by atoms with Crippen LogP contribution in [-0.4, -0.2) is 5.38 Å². The molecule has 1 heteroatoms. The molecule has 0 heterocycles. The van der Waals surface area contributed by atoms with Crippen LogP contribution in [0, 0.1) is 5.41 Å². The summed E-state index contributed by atoms with van der Waals surface area (Å²) < 4.78 is 0. The van der Waals surface area contributed by atoms with Crippen LogP contribution in [0.5, 0.6) is 0 Å². The van der Waals surface area contributed by atoms with E-state index in [1.807, 2.05) is 0 Å². The van der Waals surface area contributed by atoms with E-state index in [4.69, 9.17) is 11.6 Å². The van der Waals surface area contributed by atoms with Gasteiger partial charge < -0.3 is 0 Å². The van der Waals surface area contributed by atoms with Crippen LogP contribution in [0.2, 0.25) is 0 Å². The lowest BCUT2D eigenvalue weighted by molar-refractivity contribution is 0.476. The quantitative estimate of drug-likeness (QED) is 0.551. The van der Waals surface area contributed by atoms with Gasteiger partial charge >= 0.3 is 0 Å². The van der Waals surface area contributed by atoms with Gasteiger partial charge in [0, 0.05) is 10.8 Å². The minimum absolute atomic E-state index is 0.0791. The summed E-state index contributed by atoms with van der Waals surface area (Å²) in [6.45, 7) is 13.1. The van der Waals surface area contributed by atoms with Gasteiger partial charge in [0.1, 0.15) is 0 Å². The normalized spacial score (nSPS) is 24.2. The highest BCUT2D eigenvalue weighted by Gasteiger charge is 2.39.